The van der Waals surface area contributed by atoms with Gasteiger partial charge in [0, 0.05) is 17.1 Å². The molecule has 1 saturated heterocycles. The highest BCUT2D eigenvalue weighted by atomic mass is 32.2. The molecule has 0 aromatic heterocycles. The molecule has 1 amide bonds. The largest absolute Gasteiger partial charge is 0.338 e. The van der Waals surface area contributed by atoms with Crippen LogP contribution in [0.25, 0.3) is 0 Å². The first kappa shape index (κ1) is 18.6. The molecule has 1 fully saturated rings. The van der Waals surface area contributed by atoms with Crippen molar-refractivity contribution < 1.29 is 9.00 Å². The van der Waals surface area contributed by atoms with E-state index in [0.717, 1.165) is 16.7 Å². The maximum absolute atomic E-state index is 12.4. The summed E-state index contributed by atoms with van der Waals surface area (Å²) >= 11 is 0. The summed E-state index contributed by atoms with van der Waals surface area (Å²) in [5.41, 5.74) is 2.32. The van der Waals surface area contributed by atoms with E-state index in [1.165, 1.54) is 0 Å². The molecule has 1 aliphatic heterocycles. The van der Waals surface area contributed by atoms with E-state index in [1.54, 1.807) is 6.26 Å². The summed E-state index contributed by atoms with van der Waals surface area (Å²) in [7, 11) is -1.17. The molecule has 28 heavy (non-hydrogen) atoms. The lowest BCUT2D eigenvalue weighted by Gasteiger charge is -2.45. The molecule has 0 spiro atoms. The van der Waals surface area contributed by atoms with E-state index in [2.05, 4.69) is 47.0 Å². The Kier molecular flexibility index (Phi) is 5.11. The second-order valence-electron chi connectivity index (χ2n) is 6.90. The number of benzene rings is 3. The van der Waals surface area contributed by atoms with E-state index in [1.807, 2.05) is 54.6 Å². The van der Waals surface area contributed by atoms with Gasteiger partial charge < -0.3 is 5.32 Å². The van der Waals surface area contributed by atoms with Gasteiger partial charge in [-0.05, 0) is 16.7 Å². The van der Waals surface area contributed by atoms with Crippen molar-refractivity contribution in [3.63, 3.8) is 0 Å². The molecular formula is C23H22N2O2S. The molecule has 4 rings (SSSR count). The molecule has 3 aromatic rings. The Morgan fingerprint density at radius 1 is 0.786 bits per heavy atom. The highest BCUT2D eigenvalue weighted by molar-refractivity contribution is 7.85. The SMILES string of the molecule is CS(=O)[C@H]1NC(=O)[C@H]1NC(c1ccccc1)(c1ccccc1)c1ccccc1. The van der Waals surface area contributed by atoms with Gasteiger partial charge in [0.15, 0.2) is 0 Å². The van der Waals surface area contributed by atoms with Crippen molar-refractivity contribution in [1.82, 2.24) is 10.6 Å². The summed E-state index contributed by atoms with van der Waals surface area (Å²) in [5.74, 6) is -0.132. The molecule has 2 N–H and O–H groups in total. The normalized spacial score (nSPS) is 20.1. The van der Waals surface area contributed by atoms with Crippen LogP contribution in [-0.4, -0.2) is 27.8 Å². The van der Waals surface area contributed by atoms with Crippen molar-refractivity contribution in [1.29, 1.82) is 0 Å². The van der Waals surface area contributed by atoms with Gasteiger partial charge in [0.1, 0.15) is 11.4 Å². The number of hydrogen-bond donors (Lipinski definition) is 2. The van der Waals surface area contributed by atoms with Crippen LogP contribution in [0.15, 0.2) is 91.0 Å². The third-order valence-corrected chi connectivity index (χ3v) is 6.32. The van der Waals surface area contributed by atoms with E-state index >= 15 is 0 Å². The molecule has 0 saturated carbocycles. The predicted octanol–water partition coefficient (Wildman–Crippen LogP) is 2.77. The van der Waals surface area contributed by atoms with Crippen molar-refractivity contribution in [2.24, 2.45) is 0 Å². The van der Waals surface area contributed by atoms with Gasteiger partial charge >= 0.3 is 0 Å². The molecule has 0 bridgehead atoms. The Balaban J connectivity index is 1.94. The molecule has 1 unspecified atom stereocenters. The molecule has 5 heteroatoms. The Hall–Kier alpha value is -2.76. The molecule has 4 nitrogen and oxygen atoms in total. The zero-order valence-corrected chi connectivity index (χ0v) is 16.4. The number of nitrogens with one attached hydrogen (secondary N) is 2. The average molecular weight is 391 g/mol. The average Bonchev–Trinajstić information content (AvgIpc) is 2.74. The molecular weight excluding hydrogens is 368 g/mol. The van der Waals surface area contributed by atoms with Crippen molar-refractivity contribution >= 4 is 16.7 Å². The van der Waals surface area contributed by atoms with Crippen LogP contribution >= 0.6 is 0 Å². The quantitative estimate of drug-likeness (QED) is 0.503. The molecule has 1 aliphatic rings. The molecule has 3 atom stereocenters. The number of amides is 1. The summed E-state index contributed by atoms with van der Waals surface area (Å²) in [4.78, 5) is 12.4. The van der Waals surface area contributed by atoms with Crippen molar-refractivity contribution in [2.75, 3.05) is 6.26 Å². The van der Waals surface area contributed by atoms with Crippen LogP contribution in [0.2, 0.25) is 0 Å². The van der Waals surface area contributed by atoms with Crippen molar-refractivity contribution in [3.05, 3.63) is 108 Å². The van der Waals surface area contributed by atoms with Gasteiger partial charge in [0.25, 0.3) is 0 Å². The van der Waals surface area contributed by atoms with Crippen LogP contribution in [0.5, 0.6) is 0 Å². The van der Waals surface area contributed by atoms with Gasteiger partial charge in [-0.1, -0.05) is 91.0 Å². The second kappa shape index (κ2) is 7.70. The van der Waals surface area contributed by atoms with E-state index in [0.29, 0.717) is 0 Å². The molecule has 0 aliphatic carbocycles. The number of rotatable bonds is 6. The highest BCUT2D eigenvalue weighted by Gasteiger charge is 2.48. The molecule has 0 radical (unpaired) electrons. The maximum Gasteiger partial charge on any atom is 0.241 e. The third kappa shape index (κ3) is 3.17. The summed E-state index contributed by atoms with van der Waals surface area (Å²) < 4.78 is 12.1. The predicted molar refractivity (Wildman–Crippen MR) is 112 cm³/mol. The monoisotopic (exact) mass is 390 g/mol. The Morgan fingerprint density at radius 3 is 1.50 bits per heavy atom. The summed E-state index contributed by atoms with van der Waals surface area (Å²) in [6, 6.07) is 29.7. The summed E-state index contributed by atoms with van der Waals surface area (Å²) in [5, 5.41) is 5.95. The minimum atomic E-state index is -1.17. The van der Waals surface area contributed by atoms with Crippen LogP contribution < -0.4 is 10.6 Å². The number of β-lactam (4-membered cyclic amide) rings is 1. The minimum absolute atomic E-state index is 0.132. The maximum atomic E-state index is 12.4. The first-order valence-electron chi connectivity index (χ1n) is 9.20. The van der Waals surface area contributed by atoms with Gasteiger partial charge in [-0.3, -0.25) is 14.3 Å². The first-order valence-corrected chi connectivity index (χ1v) is 10.8. The summed E-state index contributed by atoms with van der Waals surface area (Å²) in [6.45, 7) is 0. The summed E-state index contributed by atoms with van der Waals surface area (Å²) in [6.07, 6.45) is 1.62. The lowest BCUT2D eigenvalue weighted by Crippen LogP contribution is -2.72. The van der Waals surface area contributed by atoms with Gasteiger partial charge in [0.2, 0.25) is 5.91 Å². The topological polar surface area (TPSA) is 58.2 Å². The van der Waals surface area contributed by atoms with E-state index in [-0.39, 0.29) is 5.91 Å². The first-order chi connectivity index (χ1) is 13.6. The minimum Gasteiger partial charge on any atom is -0.338 e. The van der Waals surface area contributed by atoms with Gasteiger partial charge in [0.05, 0.1) is 5.54 Å². The van der Waals surface area contributed by atoms with Crippen molar-refractivity contribution in [2.45, 2.75) is 17.0 Å². The fourth-order valence-corrected chi connectivity index (χ4v) is 4.68. The molecule has 3 aromatic carbocycles. The fraction of sp³-hybridized carbons (Fsp3) is 0.174. The van der Waals surface area contributed by atoms with Crippen LogP contribution in [0, 0.1) is 0 Å². The fourth-order valence-electron chi connectivity index (χ4n) is 3.82. The van der Waals surface area contributed by atoms with Gasteiger partial charge in [-0.25, -0.2) is 0 Å². The zero-order chi connectivity index (χ0) is 19.6. The smallest absolute Gasteiger partial charge is 0.241 e. The number of hydrogen-bond acceptors (Lipinski definition) is 3. The lowest BCUT2D eigenvalue weighted by molar-refractivity contribution is -0.130. The van der Waals surface area contributed by atoms with E-state index in [4.69, 9.17) is 0 Å². The second-order valence-corrected chi connectivity index (χ2v) is 8.40. The number of carbonyl (C=O) groups excluding carboxylic acids is 1. The Morgan fingerprint density at radius 2 is 1.18 bits per heavy atom. The van der Waals surface area contributed by atoms with Gasteiger partial charge in [-0.15, -0.1) is 0 Å². The van der Waals surface area contributed by atoms with Crippen LogP contribution in [0.4, 0.5) is 0 Å². The van der Waals surface area contributed by atoms with Gasteiger partial charge in [-0.2, -0.15) is 0 Å². The number of carbonyl (C=O) groups is 1. The van der Waals surface area contributed by atoms with Crippen molar-refractivity contribution in [3.8, 4) is 0 Å². The van der Waals surface area contributed by atoms with E-state index in [9.17, 15) is 9.00 Å². The van der Waals surface area contributed by atoms with E-state index < -0.39 is 27.8 Å². The Labute approximate surface area is 167 Å². The third-order valence-electron chi connectivity index (χ3n) is 5.22. The standard InChI is InChI=1S/C23H22N2O2S/c1-28(27)22-20(21(26)24-22)25-23(17-11-5-2-6-12-17,18-13-7-3-8-14-18)19-15-9-4-10-16-19/h2-16,20,22,25H,1H3,(H,24,26)/t20-,22-,28?/m1/s1. The molecule has 142 valence electrons. The lowest BCUT2D eigenvalue weighted by atomic mass is 9.76. The Bertz CT molecular complexity index is 881. The van der Waals surface area contributed by atoms with Crippen LogP contribution in [-0.2, 0) is 21.1 Å². The molecule has 1 heterocycles. The van der Waals surface area contributed by atoms with Crippen LogP contribution in [0.3, 0.4) is 0 Å². The van der Waals surface area contributed by atoms with Crippen LogP contribution in [0.1, 0.15) is 16.7 Å². The zero-order valence-electron chi connectivity index (χ0n) is 15.5. The highest BCUT2D eigenvalue weighted by Crippen LogP contribution is 2.38.